The number of halogens is 1. The normalized spacial score (nSPS) is 12.6. The van der Waals surface area contributed by atoms with Gasteiger partial charge in [-0.25, -0.2) is 0 Å². The summed E-state index contributed by atoms with van der Waals surface area (Å²) >= 11 is 0. The van der Waals surface area contributed by atoms with Gasteiger partial charge in [0.25, 0.3) is 0 Å². The van der Waals surface area contributed by atoms with Gasteiger partial charge in [0.05, 0.1) is 0 Å². The van der Waals surface area contributed by atoms with E-state index >= 15 is 0 Å². The molecule has 16 heavy (non-hydrogen) atoms. The second-order valence-electron chi connectivity index (χ2n) is 3.70. The minimum atomic E-state index is 0.890. The van der Waals surface area contributed by atoms with Gasteiger partial charge in [-0.05, 0) is 45.4 Å². The number of hydrogen-bond acceptors (Lipinski definition) is 2. The van der Waals surface area contributed by atoms with E-state index in [-0.39, 0.29) is 0 Å². The van der Waals surface area contributed by atoms with Crippen molar-refractivity contribution < 1.29 is 4.74 Å². The molecule has 3 rings (SSSR count). The predicted molar refractivity (Wildman–Crippen MR) is 67.5 cm³/mol. The summed E-state index contributed by atoms with van der Waals surface area (Å²) in [5, 5.41) is 0. The molecule has 0 atom stereocenters. The molecule has 0 amide bonds. The maximum atomic E-state index is 5.85. The summed E-state index contributed by atoms with van der Waals surface area (Å²) in [5.74, 6) is 1.87. The topological polar surface area (TPSA) is 9.23 Å². The third kappa shape index (κ3) is 1.58. The molecule has 0 saturated carbocycles. The molecule has 0 fully saturated rings. The minimum Gasteiger partial charge on any atom is -0.457 e. The summed E-state index contributed by atoms with van der Waals surface area (Å²) < 4.78 is 5.85. The molecule has 0 saturated heterocycles. The van der Waals surface area contributed by atoms with Crippen molar-refractivity contribution >= 4 is 21.7 Å². The first-order valence-corrected chi connectivity index (χ1v) is 6.69. The van der Waals surface area contributed by atoms with Crippen molar-refractivity contribution in [1.82, 2.24) is 0 Å². The molecule has 1 heterocycles. The molecule has 0 radical (unpaired) electrons. The lowest BCUT2D eigenvalue weighted by atomic mass is 10.0. The van der Waals surface area contributed by atoms with Gasteiger partial charge in [-0.2, -0.15) is 0 Å². The van der Waals surface area contributed by atoms with Gasteiger partial charge in [-0.1, -0.05) is 24.3 Å². The maximum absolute atomic E-state index is 5.85. The van der Waals surface area contributed by atoms with Crippen LogP contribution < -0.4 is 4.74 Å². The van der Waals surface area contributed by atoms with Crippen LogP contribution in [0.15, 0.2) is 47.4 Å². The molecule has 0 aliphatic carbocycles. The van der Waals surface area contributed by atoms with E-state index in [1.165, 1.54) is 22.1 Å². The molecule has 0 aromatic heterocycles. The van der Waals surface area contributed by atoms with Crippen molar-refractivity contribution in [1.29, 1.82) is 0 Å². The van der Waals surface area contributed by atoms with Gasteiger partial charge in [0.15, 0.2) is 0 Å². The van der Waals surface area contributed by atoms with Crippen LogP contribution in [0.25, 0.3) is 0 Å². The second kappa shape index (κ2) is 4.04. The van der Waals surface area contributed by atoms with Crippen LogP contribution in [0.4, 0.5) is 0 Å². The lowest BCUT2D eigenvalue weighted by Crippen LogP contribution is -2.03. The van der Waals surface area contributed by atoms with E-state index in [0.717, 1.165) is 22.8 Å². The first-order chi connectivity index (χ1) is 7.88. The van der Waals surface area contributed by atoms with Crippen LogP contribution in [-0.2, 0) is 6.42 Å². The molecular weight excluding hydrogens is 240 g/mol. The van der Waals surface area contributed by atoms with Crippen molar-refractivity contribution in [2.45, 2.75) is 11.3 Å². The standard InChI is InChI=1S/C13H9ClOS/c14-16-13-7-3-6-12-10(13)8-9-4-1-2-5-11(9)15-12/h1-7H,8H2. The quantitative estimate of drug-likeness (QED) is 0.621. The number of rotatable bonds is 1. The summed E-state index contributed by atoms with van der Waals surface area (Å²) in [4.78, 5) is 1.08. The van der Waals surface area contributed by atoms with Gasteiger partial charge in [0.2, 0.25) is 0 Å². The van der Waals surface area contributed by atoms with E-state index < -0.39 is 0 Å². The highest BCUT2D eigenvalue weighted by atomic mass is 35.7. The molecule has 1 aliphatic rings. The lowest BCUT2D eigenvalue weighted by molar-refractivity contribution is 0.457. The molecule has 0 unspecified atom stereocenters. The Kier molecular flexibility index (Phi) is 2.54. The minimum absolute atomic E-state index is 0.890. The van der Waals surface area contributed by atoms with Crippen LogP contribution in [0.2, 0.25) is 0 Å². The summed E-state index contributed by atoms with van der Waals surface area (Å²) in [5.41, 5.74) is 2.40. The third-order valence-electron chi connectivity index (χ3n) is 2.73. The zero-order valence-electron chi connectivity index (χ0n) is 8.44. The number of para-hydroxylation sites is 1. The van der Waals surface area contributed by atoms with Crippen molar-refractivity contribution in [3.8, 4) is 11.5 Å². The lowest BCUT2D eigenvalue weighted by Gasteiger charge is -2.21. The Labute approximate surface area is 103 Å². The molecule has 3 heteroatoms. The fraction of sp³-hybridized carbons (Fsp3) is 0.0769. The Bertz CT molecular complexity index is 539. The zero-order valence-corrected chi connectivity index (χ0v) is 10.0. The van der Waals surface area contributed by atoms with E-state index in [1.54, 1.807) is 0 Å². The Hall–Kier alpha value is -1.12. The fourth-order valence-electron chi connectivity index (χ4n) is 1.95. The molecule has 80 valence electrons. The number of ether oxygens (including phenoxy) is 1. The van der Waals surface area contributed by atoms with Crippen molar-refractivity contribution in [3.05, 3.63) is 53.6 Å². The Morgan fingerprint density at radius 2 is 1.81 bits per heavy atom. The van der Waals surface area contributed by atoms with Crippen molar-refractivity contribution in [3.63, 3.8) is 0 Å². The zero-order chi connectivity index (χ0) is 11.0. The summed E-state index contributed by atoms with van der Waals surface area (Å²) in [6, 6.07) is 14.1. The third-order valence-corrected chi connectivity index (χ3v) is 3.78. The van der Waals surface area contributed by atoms with Gasteiger partial charge in [-0.15, -0.1) is 0 Å². The SMILES string of the molecule is ClSc1cccc2c1Cc1ccccc1O2. The number of hydrogen-bond donors (Lipinski definition) is 0. The van der Waals surface area contributed by atoms with E-state index in [2.05, 4.69) is 6.07 Å². The monoisotopic (exact) mass is 248 g/mol. The molecule has 0 spiro atoms. The fourth-order valence-corrected chi connectivity index (χ4v) is 2.78. The van der Waals surface area contributed by atoms with Crippen molar-refractivity contribution in [2.75, 3.05) is 0 Å². The van der Waals surface area contributed by atoms with Gasteiger partial charge >= 0.3 is 0 Å². The Balaban J connectivity index is 2.12. The highest BCUT2D eigenvalue weighted by Crippen LogP contribution is 2.41. The smallest absolute Gasteiger partial charge is 0.132 e. The van der Waals surface area contributed by atoms with E-state index in [9.17, 15) is 0 Å². The molecule has 2 aromatic rings. The van der Waals surface area contributed by atoms with E-state index in [1.807, 2.05) is 36.4 Å². The highest BCUT2D eigenvalue weighted by Gasteiger charge is 2.18. The molecular formula is C13H9ClOS. The first-order valence-electron chi connectivity index (χ1n) is 5.05. The van der Waals surface area contributed by atoms with Crippen molar-refractivity contribution in [2.24, 2.45) is 0 Å². The first kappa shape index (κ1) is 10.1. The molecule has 1 nitrogen and oxygen atoms in total. The second-order valence-corrected chi connectivity index (χ2v) is 4.75. The van der Waals surface area contributed by atoms with Gasteiger partial charge in [0.1, 0.15) is 11.5 Å². The van der Waals surface area contributed by atoms with Gasteiger partial charge in [0, 0.05) is 16.9 Å². The molecule has 0 N–H and O–H groups in total. The van der Waals surface area contributed by atoms with Gasteiger partial charge in [-0.3, -0.25) is 0 Å². The average molecular weight is 249 g/mol. The van der Waals surface area contributed by atoms with Crippen LogP contribution in [0, 0.1) is 0 Å². The summed E-state index contributed by atoms with van der Waals surface area (Å²) in [7, 11) is 7.10. The van der Waals surface area contributed by atoms with Crippen LogP contribution >= 0.6 is 21.7 Å². The molecule has 2 aromatic carbocycles. The Morgan fingerprint density at radius 3 is 2.69 bits per heavy atom. The maximum Gasteiger partial charge on any atom is 0.132 e. The number of benzene rings is 2. The van der Waals surface area contributed by atoms with Crippen LogP contribution in [0.1, 0.15) is 11.1 Å². The Morgan fingerprint density at radius 1 is 1.00 bits per heavy atom. The van der Waals surface area contributed by atoms with E-state index in [4.69, 9.17) is 15.4 Å². The van der Waals surface area contributed by atoms with Crippen LogP contribution in [0.5, 0.6) is 11.5 Å². The van der Waals surface area contributed by atoms with Crippen LogP contribution in [0.3, 0.4) is 0 Å². The van der Waals surface area contributed by atoms with Crippen LogP contribution in [-0.4, -0.2) is 0 Å². The van der Waals surface area contributed by atoms with E-state index in [0.29, 0.717) is 0 Å². The molecule has 0 bridgehead atoms. The predicted octanol–water partition coefficient (Wildman–Crippen LogP) is 4.63. The average Bonchev–Trinajstić information content (AvgIpc) is 2.35. The summed E-state index contributed by atoms with van der Waals surface area (Å²) in [6.45, 7) is 0. The number of fused-ring (bicyclic) bond motifs is 2. The largest absolute Gasteiger partial charge is 0.457 e. The summed E-state index contributed by atoms with van der Waals surface area (Å²) in [6.07, 6.45) is 0.890. The molecule has 1 aliphatic heterocycles. The van der Waals surface area contributed by atoms with Gasteiger partial charge < -0.3 is 4.74 Å². The highest BCUT2D eigenvalue weighted by molar-refractivity contribution is 8.21.